The van der Waals surface area contributed by atoms with Crippen LogP contribution in [0.5, 0.6) is 0 Å². The summed E-state index contributed by atoms with van der Waals surface area (Å²) < 4.78 is 42.0. The third-order valence-corrected chi connectivity index (χ3v) is 4.94. The molecule has 0 atom stereocenters. The molecule has 0 saturated heterocycles. The molecule has 6 nitrogen and oxygen atoms in total. The molecule has 0 unspecified atom stereocenters. The number of hydrogen-bond donors (Lipinski definition) is 2. The summed E-state index contributed by atoms with van der Waals surface area (Å²) >= 11 is 5.80. The fourth-order valence-electron chi connectivity index (χ4n) is 3.03. The van der Waals surface area contributed by atoms with Crippen LogP contribution < -0.4 is 10.6 Å². The van der Waals surface area contributed by atoms with Gasteiger partial charge in [-0.1, -0.05) is 17.7 Å². The highest BCUT2D eigenvalue weighted by Crippen LogP contribution is 2.34. The number of rotatable bonds is 5. The quantitative estimate of drug-likeness (QED) is 0.567. The summed E-state index contributed by atoms with van der Waals surface area (Å²) in [5.41, 5.74) is -1.03. The molecule has 10 heteroatoms. The summed E-state index contributed by atoms with van der Waals surface area (Å²) in [5.74, 6) is -1.10. The monoisotopic (exact) mass is 448 g/mol. The minimum atomic E-state index is -4.83. The van der Waals surface area contributed by atoms with Crippen molar-refractivity contribution in [1.82, 2.24) is 9.78 Å². The molecule has 3 aromatic rings. The van der Waals surface area contributed by atoms with Crippen molar-refractivity contribution in [2.45, 2.75) is 19.0 Å². The van der Waals surface area contributed by atoms with E-state index in [1.165, 1.54) is 36.4 Å². The molecule has 2 amide bonds. The number of carbonyl (C=O) groups excluding carboxylic acids is 2. The van der Waals surface area contributed by atoms with Crippen molar-refractivity contribution in [1.29, 1.82) is 0 Å². The number of aromatic nitrogens is 2. The van der Waals surface area contributed by atoms with Crippen LogP contribution in [0.25, 0.3) is 5.69 Å². The SMILES string of the molecule is O=C(Nc1cccc(NC(=O)C2CC2)c1)c1cnn(-c2ccc(Cl)cc2)c1C(F)(F)F. The van der Waals surface area contributed by atoms with Gasteiger partial charge in [-0.3, -0.25) is 9.59 Å². The van der Waals surface area contributed by atoms with Crippen molar-refractivity contribution in [3.63, 3.8) is 0 Å². The van der Waals surface area contributed by atoms with Gasteiger partial charge in [0, 0.05) is 22.3 Å². The molecule has 1 saturated carbocycles. The number of hydrogen-bond acceptors (Lipinski definition) is 3. The second kappa shape index (κ2) is 8.07. The summed E-state index contributed by atoms with van der Waals surface area (Å²) in [5, 5.41) is 9.29. The normalized spacial score (nSPS) is 13.7. The predicted molar refractivity (Wildman–Crippen MR) is 109 cm³/mol. The number of nitrogens with zero attached hydrogens (tertiary/aromatic N) is 2. The number of carbonyl (C=O) groups is 2. The molecule has 1 aliphatic carbocycles. The Morgan fingerprint density at radius 2 is 1.68 bits per heavy atom. The number of amides is 2. The first kappa shape index (κ1) is 20.9. The molecular formula is C21H16ClF3N4O2. The zero-order valence-corrected chi connectivity index (χ0v) is 16.7. The molecule has 2 aromatic carbocycles. The van der Waals surface area contributed by atoms with Gasteiger partial charge in [-0.15, -0.1) is 0 Å². The average molecular weight is 449 g/mol. The van der Waals surface area contributed by atoms with Crippen LogP contribution in [0, 0.1) is 5.92 Å². The smallest absolute Gasteiger partial charge is 0.326 e. The summed E-state index contributed by atoms with van der Waals surface area (Å²) in [6, 6.07) is 11.8. The third kappa shape index (κ3) is 4.72. The number of anilines is 2. The molecule has 4 rings (SSSR count). The lowest BCUT2D eigenvalue weighted by atomic mass is 10.2. The fraction of sp³-hybridized carbons (Fsp3) is 0.190. The number of benzene rings is 2. The van der Waals surface area contributed by atoms with Gasteiger partial charge < -0.3 is 10.6 Å². The molecule has 2 N–H and O–H groups in total. The van der Waals surface area contributed by atoms with Crippen molar-refractivity contribution in [2.75, 3.05) is 10.6 Å². The average Bonchev–Trinajstić information content (AvgIpc) is 3.46. The molecular weight excluding hydrogens is 433 g/mol. The second-order valence-corrected chi connectivity index (χ2v) is 7.53. The molecule has 1 fully saturated rings. The van der Waals surface area contributed by atoms with Crippen LogP contribution >= 0.6 is 11.6 Å². The number of halogens is 4. The van der Waals surface area contributed by atoms with Crippen molar-refractivity contribution in [3.05, 3.63) is 71.0 Å². The lowest BCUT2D eigenvalue weighted by molar-refractivity contribution is -0.143. The van der Waals surface area contributed by atoms with Gasteiger partial charge >= 0.3 is 6.18 Å². The van der Waals surface area contributed by atoms with Gasteiger partial charge in [-0.05, 0) is 55.3 Å². The van der Waals surface area contributed by atoms with E-state index in [1.807, 2.05) is 0 Å². The number of alkyl halides is 3. The number of nitrogens with one attached hydrogen (secondary N) is 2. The summed E-state index contributed by atoms with van der Waals surface area (Å²) in [6.07, 6.45) is -2.30. The molecule has 1 heterocycles. The van der Waals surface area contributed by atoms with Crippen LogP contribution in [0.4, 0.5) is 24.5 Å². The zero-order chi connectivity index (χ0) is 22.2. The zero-order valence-electron chi connectivity index (χ0n) is 15.9. The largest absolute Gasteiger partial charge is 0.434 e. The Hall–Kier alpha value is -3.33. The Bertz CT molecular complexity index is 1140. The van der Waals surface area contributed by atoms with Gasteiger partial charge in [0.2, 0.25) is 5.91 Å². The topological polar surface area (TPSA) is 76.0 Å². The molecule has 0 aliphatic heterocycles. The highest BCUT2D eigenvalue weighted by molar-refractivity contribution is 6.30. The highest BCUT2D eigenvalue weighted by atomic mass is 35.5. The molecule has 160 valence electrons. The maximum Gasteiger partial charge on any atom is 0.434 e. The molecule has 0 spiro atoms. The van der Waals surface area contributed by atoms with Gasteiger partial charge in [0.1, 0.15) is 0 Å². The summed E-state index contributed by atoms with van der Waals surface area (Å²) in [6.45, 7) is 0. The first-order valence-electron chi connectivity index (χ1n) is 9.36. The maximum atomic E-state index is 13.8. The van der Waals surface area contributed by atoms with Crippen molar-refractivity contribution >= 4 is 34.8 Å². The second-order valence-electron chi connectivity index (χ2n) is 7.09. The summed E-state index contributed by atoms with van der Waals surface area (Å²) in [7, 11) is 0. The Labute approximate surface area is 180 Å². The van der Waals surface area contributed by atoms with Gasteiger partial charge in [0.15, 0.2) is 5.69 Å². The summed E-state index contributed by atoms with van der Waals surface area (Å²) in [4.78, 5) is 24.6. The van der Waals surface area contributed by atoms with Crippen LogP contribution in [-0.2, 0) is 11.0 Å². The van der Waals surface area contributed by atoms with Crippen molar-refractivity contribution in [2.24, 2.45) is 5.92 Å². The van der Waals surface area contributed by atoms with Gasteiger partial charge in [-0.25, -0.2) is 4.68 Å². The van der Waals surface area contributed by atoms with Crippen LogP contribution in [0.1, 0.15) is 28.9 Å². The van der Waals surface area contributed by atoms with Gasteiger partial charge in [0.05, 0.1) is 17.4 Å². The molecule has 0 bridgehead atoms. The van der Waals surface area contributed by atoms with Gasteiger partial charge in [-0.2, -0.15) is 18.3 Å². The Morgan fingerprint density at radius 1 is 1.03 bits per heavy atom. The minimum absolute atomic E-state index is 0.00806. The molecule has 1 aromatic heterocycles. The molecule has 0 radical (unpaired) electrons. The van der Waals surface area contributed by atoms with E-state index in [0.717, 1.165) is 19.0 Å². The first-order chi connectivity index (χ1) is 14.7. The van der Waals surface area contributed by atoms with Crippen LogP contribution in [-0.4, -0.2) is 21.6 Å². The van der Waals surface area contributed by atoms with Gasteiger partial charge in [0.25, 0.3) is 5.91 Å². The van der Waals surface area contributed by atoms with E-state index in [2.05, 4.69) is 15.7 Å². The molecule has 1 aliphatic rings. The Morgan fingerprint density at radius 3 is 2.29 bits per heavy atom. The van der Waals surface area contributed by atoms with E-state index in [-0.39, 0.29) is 23.2 Å². The predicted octanol–water partition coefficient (Wildman–Crippen LogP) is 5.15. The van der Waals surface area contributed by atoms with Crippen molar-refractivity contribution in [3.8, 4) is 5.69 Å². The van der Waals surface area contributed by atoms with E-state index in [1.54, 1.807) is 12.1 Å². The van der Waals surface area contributed by atoms with Crippen molar-refractivity contribution < 1.29 is 22.8 Å². The van der Waals surface area contributed by atoms with Crippen LogP contribution in [0.3, 0.4) is 0 Å². The highest BCUT2D eigenvalue weighted by Gasteiger charge is 2.40. The lowest BCUT2D eigenvalue weighted by Crippen LogP contribution is -2.21. The maximum absolute atomic E-state index is 13.8. The Kier molecular flexibility index (Phi) is 5.45. The van der Waals surface area contributed by atoms with E-state index < -0.39 is 23.3 Å². The third-order valence-electron chi connectivity index (χ3n) is 4.69. The molecule has 31 heavy (non-hydrogen) atoms. The Balaban J connectivity index is 1.60. The standard InChI is InChI=1S/C21H16ClF3N4O2/c22-13-6-8-16(9-7-13)29-18(21(23,24)25)17(11-26-29)20(31)28-15-3-1-2-14(10-15)27-19(30)12-4-5-12/h1-3,6-12H,4-5H2,(H,27,30)(H,28,31). The van der Waals surface area contributed by atoms with E-state index in [9.17, 15) is 22.8 Å². The van der Waals surface area contributed by atoms with E-state index >= 15 is 0 Å². The van der Waals surface area contributed by atoms with E-state index in [4.69, 9.17) is 11.6 Å². The fourth-order valence-corrected chi connectivity index (χ4v) is 3.15. The van der Waals surface area contributed by atoms with Crippen LogP contribution in [0.15, 0.2) is 54.7 Å². The minimum Gasteiger partial charge on any atom is -0.326 e. The van der Waals surface area contributed by atoms with E-state index in [0.29, 0.717) is 15.4 Å². The first-order valence-corrected chi connectivity index (χ1v) is 9.73. The lowest BCUT2D eigenvalue weighted by Gasteiger charge is -2.13. The van der Waals surface area contributed by atoms with Crippen LogP contribution in [0.2, 0.25) is 5.02 Å².